The van der Waals surface area contributed by atoms with E-state index in [1.165, 1.54) is 0 Å². The Morgan fingerprint density at radius 1 is 1.44 bits per heavy atom. The van der Waals surface area contributed by atoms with Crippen LogP contribution in [0.5, 0.6) is 0 Å². The molecule has 104 valence electrons. The molecule has 0 spiro atoms. The van der Waals surface area contributed by atoms with Crippen molar-refractivity contribution in [1.29, 1.82) is 0 Å². The van der Waals surface area contributed by atoms with Gasteiger partial charge in [-0.1, -0.05) is 27.2 Å². The second kappa shape index (κ2) is 6.70. The Kier molecular flexibility index (Phi) is 5.55. The lowest BCUT2D eigenvalue weighted by molar-refractivity contribution is -0.128. The van der Waals surface area contributed by atoms with Crippen LogP contribution in [0.2, 0.25) is 0 Å². The molecule has 1 aliphatic rings. The van der Waals surface area contributed by atoms with Crippen LogP contribution >= 0.6 is 0 Å². The summed E-state index contributed by atoms with van der Waals surface area (Å²) in [6, 6.07) is -0.564. The number of imide groups is 1. The van der Waals surface area contributed by atoms with Crippen molar-refractivity contribution in [2.24, 2.45) is 0 Å². The zero-order chi connectivity index (χ0) is 13.7. The minimum Gasteiger partial charge on any atom is -0.390 e. The molecule has 0 saturated carbocycles. The summed E-state index contributed by atoms with van der Waals surface area (Å²) in [7, 11) is 0. The van der Waals surface area contributed by atoms with Crippen molar-refractivity contribution in [2.45, 2.75) is 51.8 Å². The van der Waals surface area contributed by atoms with Gasteiger partial charge in [-0.2, -0.15) is 0 Å². The third-order valence-corrected chi connectivity index (χ3v) is 2.84. The first kappa shape index (κ1) is 14.9. The average Bonchev–Trinajstić information content (AvgIpc) is 2.55. The summed E-state index contributed by atoms with van der Waals surface area (Å²) < 4.78 is 0. The number of nitrogens with one attached hydrogen (secondary N) is 2. The second-order valence-electron chi connectivity index (χ2n) is 4.96. The fourth-order valence-electron chi connectivity index (χ4n) is 1.88. The summed E-state index contributed by atoms with van der Waals surface area (Å²) >= 11 is 0. The van der Waals surface area contributed by atoms with Crippen LogP contribution in [0, 0.1) is 0 Å². The molecule has 0 bridgehead atoms. The van der Waals surface area contributed by atoms with E-state index in [2.05, 4.69) is 10.6 Å². The summed E-state index contributed by atoms with van der Waals surface area (Å²) in [6.07, 6.45) is 0.742. The zero-order valence-electron chi connectivity index (χ0n) is 11.3. The predicted molar refractivity (Wildman–Crippen MR) is 68.1 cm³/mol. The normalized spacial score (nSPS) is 21.6. The lowest BCUT2D eigenvalue weighted by atomic mass is 10.1. The Morgan fingerprint density at radius 2 is 2.11 bits per heavy atom. The molecule has 1 fully saturated rings. The van der Waals surface area contributed by atoms with E-state index in [4.69, 9.17) is 0 Å². The zero-order valence-corrected chi connectivity index (χ0v) is 11.3. The number of amides is 3. The van der Waals surface area contributed by atoms with Crippen molar-refractivity contribution in [1.82, 2.24) is 15.5 Å². The van der Waals surface area contributed by atoms with Gasteiger partial charge in [0.2, 0.25) is 0 Å². The number of urea groups is 1. The van der Waals surface area contributed by atoms with Gasteiger partial charge in [-0.15, -0.1) is 0 Å². The molecule has 6 heteroatoms. The summed E-state index contributed by atoms with van der Waals surface area (Å²) in [5.74, 6) is -0.231. The van der Waals surface area contributed by atoms with Gasteiger partial charge in [-0.05, 0) is 6.42 Å². The quantitative estimate of drug-likeness (QED) is 0.564. The highest BCUT2D eigenvalue weighted by Crippen LogP contribution is 2.11. The molecule has 2 atom stereocenters. The van der Waals surface area contributed by atoms with Crippen LogP contribution < -0.4 is 10.6 Å². The highest BCUT2D eigenvalue weighted by molar-refractivity contribution is 6.04. The van der Waals surface area contributed by atoms with E-state index in [0.717, 1.165) is 11.3 Å². The third kappa shape index (κ3) is 3.96. The molecular formula is C12H23N3O3. The number of hydrogen-bond acceptors (Lipinski definition) is 4. The van der Waals surface area contributed by atoms with Crippen LogP contribution in [0.1, 0.15) is 33.6 Å². The maximum atomic E-state index is 11.9. The molecule has 0 aliphatic carbocycles. The Balaban J connectivity index is 2.46. The van der Waals surface area contributed by atoms with E-state index in [-0.39, 0.29) is 18.5 Å². The molecule has 2 unspecified atom stereocenters. The van der Waals surface area contributed by atoms with Crippen LogP contribution in [0.25, 0.3) is 0 Å². The van der Waals surface area contributed by atoms with Crippen molar-refractivity contribution in [2.75, 3.05) is 13.1 Å². The smallest absolute Gasteiger partial charge is 0.324 e. The fourth-order valence-corrected chi connectivity index (χ4v) is 1.88. The lowest BCUT2D eigenvalue weighted by Crippen LogP contribution is -2.43. The van der Waals surface area contributed by atoms with Crippen LogP contribution in [-0.4, -0.2) is 53.2 Å². The summed E-state index contributed by atoms with van der Waals surface area (Å²) in [5, 5.41) is 15.5. The van der Waals surface area contributed by atoms with Crippen LogP contribution in [0.4, 0.5) is 4.79 Å². The summed E-state index contributed by atoms with van der Waals surface area (Å²) in [5.41, 5.74) is 0. The molecule has 18 heavy (non-hydrogen) atoms. The molecule has 0 aromatic carbocycles. The Morgan fingerprint density at radius 3 is 2.67 bits per heavy atom. The standard InChI is InChI=1S/C12H23N3O3/c1-4-5-10-11(17)15(12(18)14-10)7-9(16)6-13-8(2)3/h8-10,13,16H,4-7H2,1-3H3,(H,14,18). The van der Waals surface area contributed by atoms with Gasteiger partial charge in [0.1, 0.15) is 6.04 Å². The first-order valence-electron chi connectivity index (χ1n) is 6.49. The van der Waals surface area contributed by atoms with Gasteiger partial charge in [-0.3, -0.25) is 9.69 Å². The van der Waals surface area contributed by atoms with Gasteiger partial charge in [-0.25, -0.2) is 4.79 Å². The minimum absolute atomic E-state index is 0.0462. The number of aliphatic hydroxyl groups is 1. The average molecular weight is 257 g/mol. The predicted octanol–water partition coefficient (Wildman–Crippen LogP) is 0.0658. The number of carbonyl (C=O) groups excluding carboxylic acids is 2. The lowest BCUT2D eigenvalue weighted by Gasteiger charge is -2.19. The number of rotatable bonds is 7. The van der Waals surface area contributed by atoms with Crippen molar-refractivity contribution in [3.05, 3.63) is 0 Å². The van der Waals surface area contributed by atoms with Crippen LogP contribution in [-0.2, 0) is 4.79 Å². The molecular weight excluding hydrogens is 234 g/mol. The van der Waals surface area contributed by atoms with Gasteiger partial charge in [0, 0.05) is 12.6 Å². The van der Waals surface area contributed by atoms with Gasteiger partial charge < -0.3 is 15.7 Å². The Labute approximate surface area is 108 Å². The molecule has 6 nitrogen and oxygen atoms in total. The number of carbonyl (C=O) groups is 2. The monoisotopic (exact) mass is 257 g/mol. The van der Waals surface area contributed by atoms with E-state index >= 15 is 0 Å². The molecule has 0 radical (unpaired) electrons. The topological polar surface area (TPSA) is 81.7 Å². The maximum absolute atomic E-state index is 11.9. The Hall–Kier alpha value is -1.14. The third-order valence-electron chi connectivity index (χ3n) is 2.84. The molecule has 1 rings (SSSR count). The van der Waals surface area contributed by atoms with Gasteiger partial charge >= 0.3 is 6.03 Å². The summed E-state index contributed by atoms with van der Waals surface area (Å²) in [4.78, 5) is 24.6. The molecule has 3 N–H and O–H groups in total. The van der Waals surface area contributed by atoms with E-state index in [1.807, 2.05) is 20.8 Å². The molecule has 3 amide bonds. The van der Waals surface area contributed by atoms with Crippen molar-refractivity contribution >= 4 is 11.9 Å². The number of hydrogen-bond donors (Lipinski definition) is 3. The van der Waals surface area contributed by atoms with Crippen molar-refractivity contribution < 1.29 is 14.7 Å². The minimum atomic E-state index is -0.734. The number of β-amino-alcohol motifs (C(OH)–C–C–N with tert-alkyl or cyclic N) is 1. The van der Waals surface area contributed by atoms with E-state index < -0.39 is 18.2 Å². The molecule has 1 heterocycles. The van der Waals surface area contributed by atoms with E-state index in [1.54, 1.807) is 0 Å². The van der Waals surface area contributed by atoms with Gasteiger partial charge in [0.25, 0.3) is 5.91 Å². The van der Waals surface area contributed by atoms with Crippen LogP contribution in [0.15, 0.2) is 0 Å². The maximum Gasteiger partial charge on any atom is 0.324 e. The SMILES string of the molecule is CCCC1NC(=O)N(CC(O)CNC(C)C)C1=O. The largest absolute Gasteiger partial charge is 0.390 e. The first-order chi connectivity index (χ1) is 8.45. The highest BCUT2D eigenvalue weighted by Gasteiger charge is 2.37. The molecule has 0 aromatic heterocycles. The summed E-state index contributed by atoms with van der Waals surface area (Å²) in [6.45, 7) is 6.32. The van der Waals surface area contributed by atoms with Crippen molar-refractivity contribution in [3.8, 4) is 0 Å². The Bertz CT molecular complexity index is 307. The first-order valence-corrected chi connectivity index (χ1v) is 6.49. The van der Waals surface area contributed by atoms with Gasteiger partial charge in [0.05, 0.1) is 12.6 Å². The van der Waals surface area contributed by atoms with E-state index in [0.29, 0.717) is 13.0 Å². The molecule has 0 aromatic rings. The molecule has 1 aliphatic heterocycles. The fraction of sp³-hybridized carbons (Fsp3) is 0.833. The second-order valence-corrected chi connectivity index (χ2v) is 4.96. The number of aliphatic hydroxyl groups excluding tert-OH is 1. The van der Waals surface area contributed by atoms with E-state index in [9.17, 15) is 14.7 Å². The van der Waals surface area contributed by atoms with Crippen molar-refractivity contribution in [3.63, 3.8) is 0 Å². The van der Waals surface area contributed by atoms with Gasteiger partial charge in [0.15, 0.2) is 0 Å². The molecule has 1 saturated heterocycles. The number of nitrogens with zero attached hydrogens (tertiary/aromatic N) is 1. The van der Waals surface area contributed by atoms with Crippen LogP contribution in [0.3, 0.4) is 0 Å². The highest BCUT2D eigenvalue weighted by atomic mass is 16.3.